The van der Waals surface area contributed by atoms with Crippen LogP contribution >= 0.6 is 0 Å². The number of hydrogen-bond donors (Lipinski definition) is 1. The Morgan fingerprint density at radius 1 is 0.952 bits per heavy atom. The lowest BCUT2D eigenvalue weighted by Crippen LogP contribution is -2.13. The van der Waals surface area contributed by atoms with Gasteiger partial charge in [-0.1, -0.05) is 13.8 Å². The van der Waals surface area contributed by atoms with Crippen molar-refractivity contribution in [2.75, 3.05) is 40.6 Å². The van der Waals surface area contributed by atoms with Crippen LogP contribution in [-0.2, 0) is 11.3 Å². The van der Waals surface area contributed by atoms with Crippen LogP contribution in [0.1, 0.15) is 25.8 Å². The fraction of sp³-hybridized carbons (Fsp3) is 0.625. The molecule has 120 valence electrons. The molecule has 0 aromatic heterocycles. The molecule has 1 N–H and O–H groups in total. The van der Waals surface area contributed by atoms with Gasteiger partial charge in [-0.05, 0) is 30.7 Å². The van der Waals surface area contributed by atoms with Crippen molar-refractivity contribution < 1.29 is 18.9 Å². The van der Waals surface area contributed by atoms with Crippen molar-refractivity contribution in [1.29, 1.82) is 0 Å². The van der Waals surface area contributed by atoms with Crippen molar-refractivity contribution in [2.24, 2.45) is 0 Å². The average Bonchev–Trinajstić information content (AvgIpc) is 2.52. The molecule has 0 atom stereocenters. The highest BCUT2D eigenvalue weighted by Gasteiger charge is 2.14. The van der Waals surface area contributed by atoms with Crippen molar-refractivity contribution >= 4 is 0 Å². The highest BCUT2D eigenvalue weighted by atomic mass is 16.6. The zero-order valence-corrected chi connectivity index (χ0v) is 13.5. The summed E-state index contributed by atoms with van der Waals surface area (Å²) in [4.78, 5) is 0. The Bertz CT molecular complexity index is 384. The first-order valence-electron chi connectivity index (χ1n) is 7.42. The van der Waals surface area contributed by atoms with Gasteiger partial charge in [0.1, 0.15) is 6.61 Å². The molecule has 0 saturated heterocycles. The van der Waals surface area contributed by atoms with Gasteiger partial charge >= 0.3 is 0 Å². The largest absolute Gasteiger partial charge is 0.493 e. The minimum Gasteiger partial charge on any atom is -0.493 e. The molecule has 0 aliphatic rings. The van der Waals surface area contributed by atoms with Crippen LogP contribution < -0.4 is 19.5 Å². The van der Waals surface area contributed by atoms with Gasteiger partial charge in [-0.25, -0.2) is 0 Å². The summed E-state index contributed by atoms with van der Waals surface area (Å²) < 4.78 is 22.0. The minimum atomic E-state index is 0.472. The van der Waals surface area contributed by atoms with Gasteiger partial charge in [-0.15, -0.1) is 0 Å². The van der Waals surface area contributed by atoms with Crippen molar-refractivity contribution in [3.8, 4) is 17.2 Å². The molecule has 0 saturated carbocycles. The van der Waals surface area contributed by atoms with E-state index in [1.807, 2.05) is 12.1 Å². The van der Waals surface area contributed by atoms with E-state index in [2.05, 4.69) is 19.2 Å². The zero-order chi connectivity index (χ0) is 15.5. The smallest absolute Gasteiger partial charge is 0.203 e. The topological polar surface area (TPSA) is 49.0 Å². The Kier molecular flexibility index (Phi) is 8.62. The fourth-order valence-corrected chi connectivity index (χ4v) is 1.90. The summed E-state index contributed by atoms with van der Waals surface area (Å²) in [5.41, 5.74) is 1.10. The van der Waals surface area contributed by atoms with Gasteiger partial charge < -0.3 is 24.3 Å². The molecule has 0 heterocycles. The molecule has 0 fully saturated rings. The van der Waals surface area contributed by atoms with Crippen LogP contribution in [-0.4, -0.2) is 40.6 Å². The number of ether oxygens (including phenoxy) is 4. The minimum absolute atomic E-state index is 0.472. The maximum absolute atomic E-state index is 5.76. The summed E-state index contributed by atoms with van der Waals surface area (Å²) in [7, 11) is 3.26. The summed E-state index contributed by atoms with van der Waals surface area (Å²) in [5.74, 6) is 1.98. The number of rotatable bonds is 11. The molecule has 0 amide bonds. The summed E-state index contributed by atoms with van der Waals surface area (Å²) in [6.45, 7) is 7.61. The van der Waals surface area contributed by atoms with Crippen molar-refractivity contribution in [3.63, 3.8) is 0 Å². The molecule has 0 aliphatic carbocycles. The van der Waals surface area contributed by atoms with Gasteiger partial charge in [0.2, 0.25) is 5.75 Å². The Morgan fingerprint density at radius 3 is 2.14 bits per heavy atom. The van der Waals surface area contributed by atoms with Crippen LogP contribution in [0.2, 0.25) is 0 Å². The third-order valence-corrected chi connectivity index (χ3v) is 2.92. The quantitative estimate of drug-likeness (QED) is 0.636. The predicted molar refractivity (Wildman–Crippen MR) is 83.5 cm³/mol. The molecule has 21 heavy (non-hydrogen) atoms. The monoisotopic (exact) mass is 297 g/mol. The third kappa shape index (κ3) is 5.81. The first-order chi connectivity index (χ1) is 10.3. The van der Waals surface area contributed by atoms with Crippen LogP contribution in [0.15, 0.2) is 12.1 Å². The Labute approximate surface area is 127 Å². The van der Waals surface area contributed by atoms with Gasteiger partial charge in [0.15, 0.2) is 11.5 Å². The van der Waals surface area contributed by atoms with Gasteiger partial charge in [-0.3, -0.25) is 0 Å². The molecular formula is C16H27NO4. The zero-order valence-electron chi connectivity index (χ0n) is 13.5. The standard InChI is InChI=1S/C16H27NO4/c1-5-7-20-8-9-21-16-14(18-3)10-13(12-17-6-2)11-15(16)19-4/h10-11,17H,5-9,12H2,1-4H3. The van der Waals surface area contributed by atoms with Crippen molar-refractivity contribution in [1.82, 2.24) is 5.32 Å². The van der Waals surface area contributed by atoms with E-state index in [-0.39, 0.29) is 0 Å². The lowest BCUT2D eigenvalue weighted by Gasteiger charge is -2.16. The summed E-state index contributed by atoms with van der Waals surface area (Å²) >= 11 is 0. The summed E-state index contributed by atoms with van der Waals surface area (Å²) in [6, 6.07) is 3.93. The maximum Gasteiger partial charge on any atom is 0.203 e. The number of nitrogens with one attached hydrogen (secondary N) is 1. The van der Waals surface area contributed by atoms with E-state index in [1.54, 1.807) is 14.2 Å². The lowest BCUT2D eigenvalue weighted by atomic mass is 10.1. The van der Waals surface area contributed by atoms with Gasteiger partial charge in [0.05, 0.1) is 20.8 Å². The van der Waals surface area contributed by atoms with E-state index in [1.165, 1.54) is 0 Å². The van der Waals surface area contributed by atoms with Gasteiger partial charge in [-0.2, -0.15) is 0 Å². The molecule has 1 aromatic rings. The van der Waals surface area contributed by atoms with Crippen LogP contribution in [0.25, 0.3) is 0 Å². The number of methoxy groups -OCH3 is 2. The molecule has 1 aromatic carbocycles. The van der Waals surface area contributed by atoms with E-state index < -0.39 is 0 Å². The van der Waals surface area contributed by atoms with Crippen molar-refractivity contribution in [2.45, 2.75) is 26.8 Å². The molecule has 1 rings (SSSR count). The first-order valence-corrected chi connectivity index (χ1v) is 7.42. The average molecular weight is 297 g/mol. The third-order valence-electron chi connectivity index (χ3n) is 2.92. The van der Waals surface area contributed by atoms with Gasteiger partial charge in [0, 0.05) is 13.2 Å². The van der Waals surface area contributed by atoms with Crippen LogP contribution in [0.5, 0.6) is 17.2 Å². The Balaban J connectivity index is 2.75. The summed E-state index contributed by atoms with van der Waals surface area (Å²) in [6.07, 6.45) is 1.01. The molecule has 5 heteroatoms. The Morgan fingerprint density at radius 2 is 1.62 bits per heavy atom. The van der Waals surface area contributed by atoms with Crippen LogP contribution in [0.3, 0.4) is 0 Å². The molecule has 0 spiro atoms. The lowest BCUT2D eigenvalue weighted by molar-refractivity contribution is 0.0983. The molecular weight excluding hydrogens is 270 g/mol. The van der Waals surface area contributed by atoms with Crippen LogP contribution in [0, 0.1) is 0 Å². The number of hydrogen-bond acceptors (Lipinski definition) is 5. The second-order valence-corrected chi connectivity index (χ2v) is 4.57. The molecule has 0 radical (unpaired) electrons. The van der Waals surface area contributed by atoms with E-state index in [9.17, 15) is 0 Å². The normalized spacial score (nSPS) is 10.5. The molecule has 5 nitrogen and oxygen atoms in total. The second kappa shape index (κ2) is 10.3. The second-order valence-electron chi connectivity index (χ2n) is 4.57. The predicted octanol–water partition coefficient (Wildman–Crippen LogP) is 2.62. The molecule has 0 bridgehead atoms. The highest BCUT2D eigenvalue weighted by molar-refractivity contribution is 5.53. The Hall–Kier alpha value is -1.46. The summed E-state index contributed by atoms with van der Waals surface area (Å²) in [5, 5.41) is 3.28. The van der Waals surface area contributed by atoms with Crippen molar-refractivity contribution in [3.05, 3.63) is 17.7 Å². The SMILES string of the molecule is CCCOCCOc1c(OC)cc(CNCC)cc1OC. The molecule has 0 unspecified atom stereocenters. The number of benzene rings is 1. The van der Waals surface area contributed by atoms with E-state index in [4.69, 9.17) is 18.9 Å². The van der Waals surface area contributed by atoms with Gasteiger partial charge in [0.25, 0.3) is 0 Å². The highest BCUT2D eigenvalue weighted by Crippen LogP contribution is 2.38. The fourth-order valence-electron chi connectivity index (χ4n) is 1.90. The first kappa shape index (κ1) is 17.6. The molecule has 0 aliphatic heterocycles. The van der Waals surface area contributed by atoms with E-state index in [0.29, 0.717) is 30.5 Å². The van der Waals surface area contributed by atoms with E-state index >= 15 is 0 Å². The maximum atomic E-state index is 5.76. The van der Waals surface area contributed by atoms with E-state index in [0.717, 1.165) is 31.7 Å². The van der Waals surface area contributed by atoms with Crippen LogP contribution in [0.4, 0.5) is 0 Å².